The van der Waals surface area contributed by atoms with Crippen molar-refractivity contribution in [3.8, 4) is 0 Å². The van der Waals surface area contributed by atoms with Crippen molar-refractivity contribution in [3.63, 3.8) is 0 Å². The number of aliphatic hydroxyl groups is 3. The maximum Gasteiger partial charge on any atom is 0.222 e. The molecule has 0 bridgehead atoms. The Morgan fingerprint density at radius 3 is 1.19 bits per heavy atom. The fourth-order valence-corrected chi connectivity index (χ4v) is 7.25. The third kappa shape index (κ3) is 40.2. The van der Waals surface area contributed by atoms with Crippen molar-refractivity contribution in [2.24, 2.45) is 0 Å². The second-order valence-electron chi connectivity index (χ2n) is 16.4. The summed E-state index contributed by atoms with van der Waals surface area (Å²) in [5.74, 6) is -0.328. The first-order chi connectivity index (χ1) is 26.5. The molecular weight excluding hydrogens is 667 g/mol. The Balaban J connectivity index is 3.69. The van der Waals surface area contributed by atoms with Crippen LogP contribution in [0, 0.1) is 0 Å². The van der Waals surface area contributed by atoms with Crippen molar-refractivity contribution in [2.45, 2.75) is 263 Å². The van der Waals surface area contributed by atoms with Gasteiger partial charge in [-0.1, -0.05) is 230 Å². The lowest BCUT2D eigenvalue weighted by Gasteiger charge is -2.21. The molecular formula is C49H93NO4. The smallest absolute Gasteiger partial charge is 0.222 e. The summed E-state index contributed by atoms with van der Waals surface area (Å²) in [5, 5.41) is 33.2. The number of hydrogen-bond acceptors (Lipinski definition) is 4. The fourth-order valence-electron chi connectivity index (χ4n) is 7.25. The summed E-state index contributed by atoms with van der Waals surface area (Å²) in [6.45, 7) is 4.21. The Labute approximate surface area is 336 Å². The van der Waals surface area contributed by atoms with Crippen molar-refractivity contribution in [2.75, 3.05) is 6.61 Å². The van der Waals surface area contributed by atoms with Crippen LogP contribution in [0.1, 0.15) is 245 Å². The Morgan fingerprint density at radius 1 is 0.463 bits per heavy atom. The summed E-state index contributed by atoms with van der Waals surface area (Å²) in [6.07, 6.45) is 55.9. The van der Waals surface area contributed by atoms with Gasteiger partial charge in [-0.05, 0) is 44.9 Å². The normalized spacial score (nSPS) is 13.8. The molecule has 0 saturated heterocycles. The number of amides is 1. The summed E-state index contributed by atoms with van der Waals surface area (Å²) < 4.78 is 0. The van der Waals surface area contributed by atoms with Crippen molar-refractivity contribution >= 4 is 5.91 Å². The van der Waals surface area contributed by atoms with Crippen molar-refractivity contribution < 1.29 is 20.1 Å². The fraction of sp³-hybridized carbons (Fsp3) is 0.857. The maximum absolute atomic E-state index is 12.4. The highest BCUT2D eigenvalue weighted by molar-refractivity contribution is 5.76. The molecule has 3 atom stereocenters. The molecule has 0 fully saturated rings. The van der Waals surface area contributed by atoms with E-state index in [4.69, 9.17) is 0 Å². The molecule has 0 aromatic carbocycles. The quantitative estimate of drug-likeness (QED) is 0.0368. The molecule has 0 aliphatic rings. The zero-order valence-corrected chi connectivity index (χ0v) is 36.1. The molecule has 3 unspecified atom stereocenters. The van der Waals surface area contributed by atoms with Crippen LogP contribution in [0.15, 0.2) is 36.5 Å². The number of rotatable bonds is 43. The summed E-state index contributed by atoms with van der Waals surface area (Å²) in [4.78, 5) is 12.4. The van der Waals surface area contributed by atoms with Crippen LogP contribution in [-0.4, -0.2) is 46.1 Å². The molecule has 54 heavy (non-hydrogen) atoms. The van der Waals surface area contributed by atoms with Crippen LogP contribution in [0.25, 0.3) is 0 Å². The number of nitrogens with one attached hydrogen (secondary N) is 1. The minimum atomic E-state index is -0.958. The standard InChI is InChI=1S/C49H93NO4/c1-3-5-7-9-11-13-15-17-19-20-21-22-23-24-25-26-27-28-29-31-33-35-37-39-41-43-48(53)47(45-51)50-49(54)44-46(52)42-40-38-36-34-32-30-18-16-14-12-10-8-6-4-2/h27-28,33,35,41,43,46-48,51-53H,3-26,29-32,34,36-40,42,44-45H2,1-2H3,(H,50,54)/b28-27+,35-33+,43-41+. The summed E-state index contributed by atoms with van der Waals surface area (Å²) >= 11 is 0. The first-order valence-corrected chi connectivity index (χ1v) is 23.8. The Bertz CT molecular complexity index is 840. The summed E-state index contributed by atoms with van der Waals surface area (Å²) in [5.41, 5.74) is 0. The van der Waals surface area contributed by atoms with E-state index in [-0.39, 0.29) is 18.9 Å². The van der Waals surface area contributed by atoms with E-state index in [1.807, 2.05) is 6.08 Å². The number of aliphatic hydroxyl groups excluding tert-OH is 3. The van der Waals surface area contributed by atoms with Gasteiger partial charge in [0, 0.05) is 0 Å². The van der Waals surface area contributed by atoms with E-state index < -0.39 is 18.2 Å². The molecule has 0 saturated carbocycles. The number of allylic oxidation sites excluding steroid dienone is 5. The van der Waals surface area contributed by atoms with E-state index in [2.05, 4.69) is 43.5 Å². The predicted molar refractivity (Wildman–Crippen MR) is 236 cm³/mol. The van der Waals surface area contributed by atoms with Crippen molar-refractivity contribution in [1.29, 1.82) is 0 Å². The average molecular weight is 760 g/mol. The molecule has 1 amide bonds. The second-order valence-corrected chi connectivity index (χ2v) is 16.4. The Morgan fingerprint density at radius 2 is 0.796 bits per heavy atom. The molecule has 5 heteroatoms. The van der Waals surface area contributed by atoms with E-state index in [0.717, 1.165) is 38.5 Å². The molecule has 4 N–H and O–H groups in total. The molecule has 0 aromatic rings. The third-order valence-corrected chi connectivity index (χ3v) is 10.9. The van der Waals surface area contributed by atoms with Gasteiger partial charge in [0.05, 0.1) is 31.3 Å². The lowest BCUT2D eigenvalue weighted by molar-refractivity contribution is -0.124. The van der Waals surface area contributed by atoms with Crippen LogP contribution >= 0.6 is 0 Å². The van der Waals surface area contributed by atoms with E-state index in [1.54, 1.807) is 6.08 Å². The van der Waals surface area contributed by atoms with Crippen molar-refractivity contribution in [3.05, 3.63) is 36.5 Å². The monoisotopic (exact) mass is 760 g/mol. The van der Waals surface area contributed by atoms with Gasteiger partial charge in [0.1, 0.15) is 0 Å². The van der Waals surface area contributed by atoms with Gasteiger partial charge in [-0.25, -0.2) is 0 Å². The van der Waals surface area contributed by atoms with Gasteiger partial charge < -0.3 is 20.6 Å². The van der Waals surface area contributed by atoms with Gasteiger partial charge in [-0.2, -0.15) is 0 Å². The second kappa shape index (κ2) is 44.3. The van der Waals surface area contributed by atoms with Gasteiger partial charge in [0.2, 0.25) is 5.91 Å². The number of carbonyl (C=O) groups is 1. The zero-order chi connectivity index (χ0) is 39.4. The van der Waals surface area contributed by atoms with Gasteiger partial charge in [0.25, 0.3) is 0 Å². The molecule has 5 nitrogen and oxygen atoms in total. The third-order valence-electron chi connectivity index (χ3n) is 10.9. The lowest BCUT2D eigenvalue weighted by Crippen LogP contribution is -2.45. The molecule has 0 aromatic heterocycles. The predicted octanol–water partition coefficient (Wildman–Crippen LogP) is 13.9. The van der Waals surface area contributed by atoms with Gasteiger partial charge in [-0.3, -0.25) is 4.79 Å². The van der Waals surface area contributed by atoms with E-state index >= 15 is 0 Å². The molecule has 0 aliphatic heterocycles. The van der Waals surface area contributed by atoms with E-state index in [1.165, 1.54) is 180 Å². The minimum Gasteiger partial charge on any atom is -0.394 e. The Hall–Kier alpha value is -1.43. The van der Waals surface area contributed by atoms with Crippen LogP contribution in [0.5, 0.6) is 0 Å². The van der Waals surface area contributed by atoms with Crippen LogP contribution in [0.4, 0.5) is 0 Å². The van der Waals surface area contributed by atoms with Gasteiger partial charge in [0.15, 0.2) is 0 Å². The number of carbonyl (C=O) groups excluding carboxylic acids is 1. The van der Waals surface area contributed by atoms with E-state index in [0.29, 0.717) is 6.42 Å². The van der Waals surface area contributed by atoms with Crippen LogP contribution in [0.3, 0.4) is 0 Å². The summed E-state index contributed by atoms with van der Waals surface area (Å²) in [6, 6.07) is -0.765. The SMILES string of the molecule is CCCCCCCCCCCCCCCCC/C=C/CC/C=C/CC/C=C/C(O)C(CO)NC(=O)CC(O)CCCCCCCCCCCCCCCC. The molecule has 0 rings (SSSR count). The highest BCUT2D eigenvalue weighted by Crippen LogP contribution is 2.16. The first-order valence-electron chi connectivity index (χ1n) is 23.8. The van der Waals surface area contributed by atoms with Crippen molar-refractivity contribution in [1.82, 2.24) is 5.32 Å². The maximum atomic E-state index is 12.4. The van der Waals surface area contributed by atoms with E-state index in [9.17, 15) is 20.1 Å². The average Bonchev–Trinajstić information content (AvgIpc) is 3.16. The Kier molecular flexibility index (Phi) is 43.1. The molecule has 318 valence electrons. The lowest BCUT2D eigenvalue weighted by atomic mass is 10.0. The van der Waals surface area contributed by atoms with Gasteiger partial charge in [-0.15, -0.1) is 0 Å². The van der Waals surface area contributed by atoms with Crippen LogP contribution in [-0.2, 0) is 4.79 Å². The molecule has 0 radical (unpaired) electrons. The molecule has 0 aliphatic carbocycles. The minimum absolute atomic E-state index is 0.00483. The van der Waals surface area contributed by atoms with Gasteiger partial charge >= 0.3 is 0 Å². The number of hydrogen-bond donors (Lipinski definition) is 4. The topological polar surface area (TPSA) is 89.8 Å². The highest BCUT2D eigenvalue weighted by Gasteiger charge is 2.20. The number of unbranched alkanes of at least 4 members (excludes halogenated alkanes) is 30. The zero-order valence-electron chi connectivity index (χ0n) is 36.1. The molecule has 0 spiro atoms. The van der Waals surface area contributed by atoms with Crippen LogP contribution in [0.2, 0.25) is 0 Å². The first kappa shape index (κ1) is 52.6. The highest BCUT2D eigenvalue weighted by atomic mass is 16.3. The molecule has 0 heterocycles. The summed E-state index contributed by atoms with van der Waals surface area (Å²) in [7, 11) is 0. The van der Waals surface area contributed by atoms with Crippen LogP contribution < -0.4 is 5.32 Å². The largest absolute Gasteiger partial charge is 0.394 e.